The van der Waals surface area contributed by atoms with E-state index in [-0.39, 0.29) is 0 Å². The van der Waals surface area contributed by atoms with E-state index < -0.39 is 0 Å². The van der Waals surface area contributed by atoms with Gasteiger partial charge in [0.2, 0.25) is 0 Å². The molecule has 0 heterocycles. The van der Waals surface area contributed by atoms with E-state index in [1.165, 1.54) is 19.3 Å². The van der Waals surface area contributed by atoms with Crippen molar-refractivity contribution in [2.75, 3.05) is 6.61 Å². The Balaban J connectivity index is 1.64. The Hall–Kier alpha value is -0.0400. The maximum Gasteiger partial charge on any atom is 0.0544 e. The summed E-state index contributed by atoms with van der Waals surface area (Å²) in [5, 5.41) is 0. The number of hydrogen-bond donors (Lipinski definition) is 0. The van der Waals surface area contributed by atoms with Crippen LogP contribution in [0.25, 0.3) is 0 Å². The molecule has 0 N–H and O–H groups in total. The van der Waals surface area contributed by atoms with Crippen molar-refractivity contribution in [2.45, 2.75) is 64.9 Å². The van der Waals surface area contributed by atoms with Crippen LogP contribution < -0.4 is 0 Å². The molecule has 4 bridgehead atoms. The average Bonchev–Trinajstić information content (AvgIpc) is 2.24. The van der Waals surface area contributed by atoms with Gasteiger partial charge in [0.15, 0.2) is 0 Å². The molecule has 1 atom stereocenters. The highest BCUT2D eigenvalue weighted by Crippen LogP contribution is 2.60. The highest BCUT2D eigenvalue weighted by Gasteiger charge is 2.50. The lowest BCUT2D eigenvalue weighted by Crippen LogP contribution is -2.48. The lowest BCUT2D eigenvalue weighted by Gasteiger charge is -2.56. The Bertz CT molecular complexity index is 223. The lowest BCUT2D eigenvalue weighted by molar-refractivity contribution is -0.109. The zero-order chi connectivity index (χ0) is 11.2. The van der Waals surface area contributed by atoms with Crippen LogP contribution in [0.4, 0.5) is 0 Å². The van der Waals surface area contributed by atoms with Crippen LogP contribution in [-0.2, 0) is 4.74 Å². The summed E-state index contributed by atoms with van der Waals surface area (Å²) in [6, 6.07) is 0. The average molecular weight is 222 g/mol. The third-order valence-corrected chi connectivity index (χ3v) is 5.41. The second-order valence-corrected chi connectivity index (χ2v) is 6.95. The summed E-state index contributed by atoms with van der Waals surface area (Å²) < 4.78 is 6.08. The smallest absolute Gasteiger partial charge is 0.0544 e. The molecule has 92 valence electrons. The van der Waals surface area contributed by atoms with Gasteiger partial charge in [-0.25, -0.2) is 0 Å². The largest absolute Gasteiger partial charge is 0.378 e. The van der Waals surface area contributed by atoms with Crippen LogP contribution >= 0.6 is 0 Å². The van der Waals surface area contributed by atoms with Crippen molar-refractivity contribution < 1.29 is 4.74 Å². The molecule has 0 radical (unpaired) electrons. The molecule has 0 aromatic heterocycles. The van der Waals surface area contributed by atoms with Crippen molar-refractivity contribution >= 4 is 0 Å². The van der Waals surface area contributed by atoms with Crippen LogP contribution in [-0.4, -0.2) is 12.7 Å². The van der Waals surface area contributed by atoms with Gasteiger partial charge >= 0.3 is 0 Å². The summed E-state index contributed by atoms with van der Waals surface area (Å²) in [5.41, 5.74) is 0.609. The summed E-state index contributed by atoms with van der Waals surface area (Å²) in [4.78, 5) is 0. The van der Waals surface area contributed by atoms with Crippen molar-refractivity contribution in [3.8, 4) is 0 Å². The van der Waals surface area contributed by atoms with Gasteiger partial charge in [0.05, 0.1) is 12.7 Å². The molecule has 0 aromatic carbocycles. The Morgan fingerprint density at radius 1 is 1.06 bits per heavy atom. The minimum atomic E-state index is 0.466. The van der Waals surface area contributed by atoms with Crippen molar-refractivity contribution in [2.24, 2.45) is 23.2 Å². The molecule has 4 rings (SSSR count). The molecule has 4 aliphatic rings. The molecule has 1 nitrogen and oxygen atoms in total. The molecule has 4 fully saturated rings. The third kappa shape index (κ3) is 1.92. The summed E-state index contributed by atoms with van der Waals surface area (Å²) in [7, 11) is 0. The van der Waals surface area contributed by atoms with Crippen molar-refractivity contribution in [3.63, 3.8) is 0 Å². The van der Waals surface area contributed by atoms with Crippen LogP contribution in [0.2, 0.25) is 0 Å². The number of rotatable bonds is 4. The molecule has 16 heavy (non-hydrogen) atoms. The first-order valence-electron chi connectivity index (χ1n) is 7.31. The Kier molecular flexibility index (Phi) is 2.78. The quantitative estimate of drug-likeness (QED) is 0.698. The molecule has 0 spiro atoms. The van der Waals surface area contributed by atoms with E-state index in [1.807, 2.05) is 0 Å². The standard InChI is InChI=1S/C15H26O/c1-3-11(2)16-10-15-7-12-4-13(8-15)6-14(5-12)9-15/h11-14H,3-10H2,1-2H3. The molecule has 4 saturated carbocycles. The maximum absolute atomic E-state index is 6.08. The van der Waals surface area contributed by atoms with E-state index in [1.54, 1.807) is 19.3 Å². The summed E-state index contributed by atoms with van der Waals surface area (Å²) >= 11 is 0. The fourth-order valence-electron chi connectivity index (χ4n) is 4.90. The van der Waals surface area contributed by atoms with Gasteiger partial charge in [-0.3, -0.25) is 0 Å². The molecule has 0 amide bonds. The highest BCUT2D eigenvalue weighted by atomic mass is 16.5. The normalized spacial score (nSPS) is 47.2. The van der Waals surface area contributed by atoms with Gasteiger partial charge in [-0.15, -0.1) is 0 Å². The SMILES string of the molecule is CCC(C)OCC12CC3CC(CC(C3)C1)C2. The van der Waals surface area contributed by atoms with Crippen molar-refractivity contribution in [1.29, 1.82) is 0 Å². The van der Waals surface area contributed by atoms with Gasteiger partial charge < -0.3 is 4.74 Å². The molecule has 1 unspecified atom stereocenters. The van der Waals surface area contributed by atoms with E-state index in [0.717, 1.165) is 30.8 Å². The highest BCUT2D eigenvalue weighted by molar-refractivity contribution is 5.01. The molecule has 4 aliphatic carbocycles. The van der Waals surface area contributed by atoms with E-state index in [2.05, 4.69) is 13.8 Å². The zero-order valence-electron chi connectivity index (χ0n) is 10.9. The van der Waals surface area contributed by atoms with E-state index >= 15 is 0 Å². The fraction of sp³-hybridized carbons (Fsp3) is 1.00. The van der Waals surface area contributed by atoms with Crippen LogP contribution in [0, 0.1) is 23.2 Å². The Morgan fingerprint density at radius 2 is 1.56 bits per heavy atom. The van der Waals surface area contributed by atoms with Gasteiger partial charge in [-0.05, 0) is 75.0 Å². The molecular weight excluding hydrogens is 196 g/mol. The molecular formula is C15H26O. The zero-order valence-corrected chi connectivity index (χ0v) is 10.9. The van der Waals surface area contributed by atoms with Gasteiger partial charge in [-0.1, -0.05) is 6.92 Å². The summed E-state index contributed by atoms with van der Waals surface area (Å²) in [6.45, 7) is 5.51. The molecule has 1 heteroatoms. The predicted molar refractivity (Wildman–Crippen MR) is 66.3 cm³/mol. The van der Waals surface area contributed by atoms with Gasteiger partial charge in [-0.2, -0.15) is 0 Å². The monoisotopic (exact) mass is 222 g/mol. The number of ether oxygens (including phenoxy) is 1. The van der Waals surface area contributed by atoms with Gasteiger partial charge in [0, 0.05) is 0 Å². The number of hydrogen-bond acceptors (Lipinski definition) is 1. The minimum absolute atomic E-state index is 0.466. The third-order valence-electron chi connectivity index (χ3n) is 5.41. The molecule has 0 aromatic rings. The lowest BCUT2D eigenvalue weighted by atomic mass is 9.50. The van der Waals surface area contributed by atoms with E-state index in [9.17, 15) is 0 Å². The van der Waals surface area contributed by atoms with Crippen LogP contribution in [0.3, 0.4) is 0 Å². The Morgan fingerprint density at radius 3 is 2.00 bits per heavy atom. The summed E-state index contributed by atoms with van der Waals surface area (Å²) in [6.07, 6.45) is 10.7. The van der Waals surface area contributed by atoms with E-state index in [0.29, 0.717) is 11.5 Å². The maximum atomic E-state index is 6.08. The Labute approximate surface area is 99.9 Å². The first-order valence-corrected chi connectivity index (χ1v) is 7.31. The van der Waals surface area contributed by atoms with Crippen LogP contribution in [0.15, 0.2) is 0 Å². The summed E-state index contributed by atoms with van der Waals surface area (Å²) in [5.74, 6) is 3.19. The molecule has 0 aliphatic heterocycles. The minimum Gasteiger partial charge on any atom is -0.378 e. The second kappa shape index (κ2) is 4.01. The van der Waals surface area contributed by atoms with Crippen LogP contribution in [0.1, 0.15) is 58.8 Å². The van der Waals surface area contributed by atoms with Crippen LogP contribution in [0.5, 0.6) is 0 Å². The fourth-order valence-corrected chi connectivity index (χ4v) is 4.90. The first-order chi connectivity index (χ1) is 7.69. The second-order valence-electron chi connectivity index (χ2n) is 6.95. The molecule has 0 saturated heterocycles. The van der Waals surface area contributed by atoms with Crippen molar-refractivity contribution in [1.82, 2.24) is 0 Å². The van der Waals surface area contributed by atoms with Gasteiger partial charge in [0.25, 0.3) is 0 Å². The van der Waals surface area contributed by atoms with Gasteiger partial charge in [0.1, 0.15) is 0 Å². The predicted octanol–water partition coefficient (Wildman–Crippen LogP) is 4.02. The van der Waals surface area contributed by atoms with Crippen molar-refractivity contribution in [3.05, 3.63) is 0 Å². The van der Waals surface area contributed by atoms with E-state index in [4.69, 9.17) is 4.74 Å². The first kappa shape index (κ1) is 11.1. The topological polar surface area (TPSA) is 9.23 Å².